The van der Waals surface area contributed by atoms with Crippen LogP contribution in [0.25, 0.3) is 16.3 Å². The van der Waals surface area contributed by atoms with E-state index in [-0.39, 0.29) is 12.2 Å². The molecule has 4 aromatic rings. The first-order valence-corrected chi connectivity index (χ1v) is 11.0. The third kappa shape index (κ3) is 3.88. The van der Waals surface area contributed by atoms with Crippen LogP contribution < -0.4 is 16.0 Å². The minimum Gasteiger partial charge on any atom is -0.384 e. The number of fused-ring (bicyclic) bond motifs is 2. The molecule has 1 saturated heterocycles. The molecule has 0 unspecified atom stereocenters. The maximum absolute atomic E-state index is 9.37. The summed E-state index contributed by atoms with van der Waals surface area (Å²) in [5.41, 5.74) is 9.24. The van der Waals surface area contributed by atoms with Crippen LogP contribution in [0.4, 0.5) is 11.4 Å². The SMILES string of the molecule is C[C@@H]1CN(c2ccc(C#N)n3nccc23)C[C@H](Cn2cc3ccc(NCCN)cc3c2)O1. The second kappa shape index (κ2) is 8.54. The summed E-state index contributed by atoms with van der Waals surface area (Å²) in [7, 11) is 0. The van der Waals surface area contributed by atoms with Crippen LogP contribution in [0, 0.1) is 11.3 Å². The van der Waals surface area contributed by atoms with E-state index in [9.17, 15) is 5.26 Å². The summed E-state index contributed by atoms with van der Waals surface area (Å²) in [4.78, 5) is 2.34. The van der Waals surface area contributed by atoms with Crippen molar-refractivity contribution in [3.63, 3.8) is 0 Å². The van der Waals surface area contributed by atoms with Crippen LogP contribution >= 0.6 is 0 Å². The molecule has 0 radical (unpaired) electrons. The van der Waals surface area contributed by atoms with Gasteiger partial charge in [0.25, 0.3) is 0 Å². The summed E-state index contributed by atoms with van der Waals surface area (Å²) in [6.45, 7) is 5.82. The van der Waals surface area contributed by atoms with Gasteiger partial charge in [-0.1, -0.05) is 6.07 Å². The number of anilines is 2. The second-order valence-corrected chi connectivity index (χ2v) is 8.33. The van der Waals surface area contributed by atoms with Crippen LogP contribution in [0.3, 0.4) is 0 Å². The zero-order valence-corrected chi connectivity index (χ0v) is 18.1. The van der Waals surface area contributed by atoms with Crippen molar-refractivity contribution >= 4 is 27.7 Å². The van der Waals surface area contributed by atoms with Crippen molar-refractivity contribution in [3.8, 4) is 6.07 Å². The quantitative estimate of drug-likeness (QED) is 0.489. The normalized spacial score (nSPS) is 18.8. The predicted octanol–water partition coefficient (Wildman–Crippen LogP) is 2.83. The van der Waals surface area contributed by atoms with Crippen molar-refractivity contribution in [1.29, 1.82) is 5.26 Å². The number of nitrogens with zero attached hydrogens (tertiary/aromatic N) is 5. The van der Waals surface area contributed by atoms with Crippen LogP contribution in [0.5, 0.6) is 0 Å². The molecule has 1 aliphatic heterocycles. The number of hydrogen-bond donors (Lipinski definition) is 2. The van der Waals surface area contributed by atoms with Gasteiger partial charge in [0.1, 0.15) is 11.8 Å². The Labute approximate surface area is 186 Å². The van der Waals surface area contributed by atoms with Crippen LogP contribution in [0.15, 0.2) is 55.0 Å². The fourth-order valence-electron chi connectivity index (χ4n) is 4.56. The molecule has 4 heterocycles. The lowest BCUT2D eigenvalue weighted by molar-refractivity contribution is -0.0238. The van der Waals surface area contributed by atoms with Gasteiger partial charge < -0.3 is 25.3 Å². The summed E-state index contributed by atoms with van der Waals surface area (Å²) < 4.78 is 10.2. The standard InChI is InChI=1S/C24H27N7O/c1-17-12-30(23-5-4-21(11-26)31-24(23)6-8-28-31)16-22(32-17)15-29-13-18-2-3-20(27-9-7-25)10-19(18)14-29/h2-6,8,10,13-14,17,22,27H,7,9,12,15-16,25H2,1H3/t17-,22+/m1/s1. The van der Waals surface area contributed by atoms with Gasteiger partial charge in [-0.2, -0.15) is 10.4 Å². The molecule has 1 aliphatic rings. The topological polar surface area (TPSA) is 96.5 Å². The Balaban J connectivity index is 1.36. The Hall–Kier alpha value is -3.54. The number of rotatable bonds is 6. The van der Waals surface area contributed by atoms with Gasteiger partial charge in [-0.25, -0.2) is 4.52 Å². The Morgan fingerprint density at radius 2 is 2.06 bits per heavy atom. The number of nitrogens with two attached hydrogens (primary N) is 1. The van der Waals surface area contributed by atoms with E-state index in [1.54, 1.807) is 10.7 Å². The summed E-state index contributed by atoms with van der Waals surface area (Å²) in [6, 6.07) is 14.4. The Kier molecular flexibility index (Phi) is 5.43. The largest absolute Gasteiger partial charge is 0.384 e. The van der Waals surface area contributed by atoms with Crippen molar-refractivity contribution in [1.82, 2.24) is 14.2 Å². The predicted molar refractivity (Wildman–Crippen MR) is 126 cm³/mol. The Bertz CT molecular complexity index is 1280. The van der Waals surface area contributed by atoms with Crippen molar-refractivity contribution in [2.45, 2.75) is 25.7 Å². The van der Waals surface area contributed by atoms with E-state index in [4.69, 9.17) is 10.5 Å². The summed E-state index contributed by atoms with van der Waals surface area (Å²) in [5, 5.41) is 19.4. The molecule has 0 aliphatic carbocycles. The first-order chi connectivity index (χ1) is 15.6. The molecule has 0 bridgehead atoms. The fraction of sp³-hybridized carbons (Fsp3) is 0.333. The average Bonchev–Trinajstić information content (AvgIpc) is 3.43. The van der Waals surface area contributed by atoms with E-state index < -0.39 is 0 Å². The highest BCUT2D eigenvalue weighted by molar-refractivity contribution is 5.85. The molecule has 5 rings (SSSR count). The number of hydrogen-bond acceptors (Lipinski definition) is 6. The molecule has 8 nitrogen and oxygen atoms in total. The van der Waals surface area contributed by atoms with E-state index in [0.29, 0.717) is 12.2 Å². The van der Waals surface area contributed by atoms with Gasteiger partial charge in [0, 0.05) is 49.6 Å². The third-order valence-electron chi connectivity index (χ3n) is 5.90. The van der Waals surface area contributed by atoms with Crippen molar-refractivity contribution in [2.24, 2.45) is 5.73 Å². The summed E-state index contributed by atoms with van der Waals surface area (Å²) >= 11 is 0. The number of morpholine rings is 1. The maximum Gasteiger partial charge on any atom is 0.142 e. The van der Waals surface area contributed by atoms with Crippen LogP contribution in [-0.2, 0) is 11.3 Å². The minimum atomic E-state index is 0.0500. The summed E-state index contributed by atoms with van der Waals surface area (Å²) in [5.74, 6) is 0. The molecular formula is C24H27N7O. The lowest BCUT2D eigenvalue weighted by Crippen LogP contribution is -2.48. The lowest BCUT2D eigenvalue weighted by atomic mass is 10.1. The molecule has 2 atom stereocenters. The van der Waals surface area contributed by atoms with Gasteiger partial charge >= 0.3 is 0 Å². The number of aromatic nitrogens is 3. The zero-order chi connectivity index (χ0) is 22.1. The first-order valence-electron chi connectivity index (χ1n) is 11.0. The fourth-order valence-corrected chi connectivity index (χ4v) is 4.56. The Morgan fingerprint density at radius 3 is 2.91 bits per heavy atom. The molecule has 1 fully saturated rings. The highest BCUT2D eigenvalue weighted by atomic mass is 16.5. The Morgan fingerprint density at radius 1 is 1.19 bits per heavy atom. The van der Waals surface area contributed by atoms with E-state index in [2.05, 4.69) is 63.5 Å². The van der Waals surface area contributed by atoms with Gasteiger partial charge in [0.15, 0.2) is 0 Å². The number of pyridine rings is 1. The van der Waals surface area contributed by atoms with Gasteiger partial charge in [0.2, 0.25) is 0 Å². The monoisotopic (exact) mass is 429 g/mol. The van der Waals surface area contributed by atoms with E-state index in [1.807, 2.05) is 18.2 Å². The van der Waals surface area contributed by atoms with E-state index in [1.165, 1.54) is 10.8 Å². The highest BCUT2D eigenvalue weighted by Gasteiger charge is 2.27. The molecule has 32 heavy (non-hydrogen) atoms. The van der Waals surface area contributed by atoms with Crippen molar-refractivity contribution in [2.75, 3.05) is 36.4 Å². The van der Waals surface area contributed by atoms with Gasteiger partial charge in [-0.3, -0.25) is 0 Å². The van der Waals surface area contributed by atoms with Crippen LogP contribution in [0.2, 0.25) is 0 Å². The van der Waals surface area contributed by atoms with Gasteiger partial charge in [-0.05, 0) is 42.6 Å². The molecule has 1 aromatic carbocycles. The molecule has 3 N–H and O–H groups in total. The molecular weight excluding hydrogens is 402 g/mol. The average molecular weight is 430 g/mol. The zero-order valence-electron chi connectivity index (χ0n) is 18.1. The van der Waals surface area contributed by atoms with Gasteiger partial charge in [0.05, 0.1) is 36.2 Å². The van der Waals surface area contributed by atoms with Crippen LogP contribution in [0.1, 0.15) is 12.6 Å². The third-order valence-corrected chi connectivity index (χ3v) is 5.90. The number of ether oxygens (including phenoxy) is 1. The smallest absolute Gasteiger partial charge is 0.142 e. The minimum absolute atomic E-state index is 0.0500. The second-order valence-electron chi connectivity index (χ2n) is 8.33. The van der Waals surface area contributed by atoms with Crippen molar-refractivity contribution in [3.05, 3.63) is 60.7 Å². The highest BCUT2D eigenvalue weighted by Crippen LogP contribution is 2.27. The molecule has 0 saturated carbocycles. The molecule has 8 heteroatoms. The molecule has 0 amide bonds. The van der Waals surface area contributed by atoms with E-state index in [0.717, 1.165) is 43.1 Å². The van der Waals surface area contributed by atoms with E-state index >= 15 is 0 Å². The van der Waals surface area contributed by atoms with Crippen molar-refractivity contribution < 1.29 is 4.74 Å². The maximum atomic E-state index is 9.37. The summed E-state index contributed by atoms with van der Waals surface area (Å²) in [6.07, 6.45) is 6.24. The number of nitrogens with one attached hydrogen (secondary N) is 1. The van der Waals surface area contributed by atoms with Gasteiger partial charge in [-0.15, -0.1) is 0 Å². The van der Waals surface area contributed by atoms with Crippen LogP contribution in [-0.4, -0.2) is 52.6 Å². The first kappa shape index (κ1) is 20.4. The number of benzene rings is 1. The molecule has 0 spiro atoms. The molecule has 164 valence electrons. The lowest BCUT2D eigenvalue weighted by Gasteiger charge is -2.38. The molecule has 3 aromatic heterocycles. The number of nitriles is 1.